The van der Waals surface area contributed by atoms with Crippen molar-refractivity contribution in [1.82, 2.24) is 15.4 Å². The quantitative estimate of drug-likeness (QED) is 0.309. The number of benzene rings is 2. The number of halogens is 1. The van der Waals surface area contributed by atoms with Crippen LogP contribution in [0.1, 0.15) is 15.9 Å². The van der Waals surface area contributed by atoms with Gasteiger partial charge in [-0.15, -0.1) is 12.4 Å². The molecular formula is C23H20ClN3O4. The fourth-order valence-corrected chi connectivity index (χ4v) is 3.15. The van der Waals surface area contributed by atoms with Crippen LogP contribution >= 0.6 is 12.4 Å². The van der Waals surface area contributed by atoms with Gasteiger partial charge >= 0.3 is 0 Å². The lowest BCUT2D eigenvalue weighted by atomic mass is 10.0. The number of hydrogen-bond acceptors (Lipinski definition) is 6. The average Bonchev–Trinajstić information content (AvgIpc) is 2.80. The molecule has 0 fully saturated rings. The van der Waals surface area contributed by atoms with E-state index in [1.807, 2.05) is 48.5 Å². The topological polar surface area (TPSA) is 105 Å². The predicted molar refractivity (Wildman–Crippen MR) is 119 cm³/mol. The lowest BCUT2D eigenvalue weighted by molar-refractivity contribution is 0.0708. The zero-order valence-electron chi connectivity index (χ0n) is 16.4. The highest BCUT2D eigenvalue weighted by Crippen LogP contribution is 2.28. The van der Waals surface area contributed by atoms with Gasteiger partial charge in [0, 0.05) is 30.0 Å². The Labute approximate surface area is 184 Å². The highest BCUT2D eigenvalue weighted by molar-refractivity contribution is 6.06. The van der Waals surface area contributed by atoms with Crippen molar-refractivity contribution < 1.29 is 19.8 Å². The van der Waals surface area contributed by atoms with Gasteiger partial charge in [0.2, 0.25) is 0 Å². The Morgan fingerprint density at radius 3 is 2.32 bits per heavy atom. The zero-order chi connectivity index (χ0) is 20.9. The number of nitrogens with one attached hydrogen (secondary N) is 1. The minimum Gasteiger partial charge on any atom is -0.457 e. The van der Waals surface area contributed by atoms with Crippen LogP contribution in [0.3, 0.4) is 0 Å². The van der Waals surface area contributed by atoms with Crippen LogP contribution in [0.2, 0.25) is 0 Å². The number of hydrogen-bond donors (Lipinski definition) is 3. The Morgan fingerprint density at radius 2 is 1.68 bits per heavy atom. The molecule has 1 amide bonds. The number of amides is 1. The van der Waals surface area contributed by atoms with Crippen LogP contribution in [0.25, 0.3) is 22.2 Å². The molecule has 4 rings (SSSR count). The van der Waals surface area contributed by atoms with E-state index in [-0.39, 0.29) is 24.6 Å². The number of fused-ring (bicyclic) bond motifs is 1. The van der Waals surface area contributed by atoms with Crippen molar-refractivity contribution in [2.24, 2.45) is 0 Å². The molecule has 0 aliphatic carbocycles. The number of ether oxygens (including phenoxy) is 1. The van der Waals surface area contributed by atoms with Gasteiger partial charge in [0.05, 0.1) is 16.8 Å². The summed E-state index contributed by atoms with van der Waals surface area (Å²) in [5.74, 6) is 0.732. The fraction of sp³-hybridized carbons (Fsp3) is 0.0870. The van der Waals surface area contributed by atoms with Crippen molar-refractivity contribution >= 4 is 29.2 Å². The van der Waals surface area contributed by atoms with Gasteiger partial charge in [0.1, 0.15) is 11.5 Å². The van der Waals surface area contributed by atoms with Crippen LogP contribution in [0.15, 0.2) is 73.1 Å². The smallest absolute Gasteiger partial charge is 0.275 e. The molecule has 2 aromatic carbocycles. The third-order valence-electron chi connectivity index (χ3n) is 4.67. The minimum absolute atomic E-state index is 0. The molecule has 0 radical (unpaired) electrons. The summed E-state index contributed by atoms with van der Waals surface area (Å²) in [5, 5.41) is 18.6. The van der Waals surface area contributed by atoms with Gasteiger partial charge in [-0.2, -0.15) is 0 Å². The Balaban J connectivity index is 0.00000272. The van der Waals surface area contributed by atoms with Gasteiger partial charge in [-0.1, -0.05) is 12.1 Å². The van der Waals surface area contributed by atoms with Crippen molar-refractivity contribution in [2.75, 3.05) is 6.61 Å². The molecular weight excluding hydrogens is 418 g/mol. The fourth-order valence-electron chi connectivity index (χ4n) is 3.15. The predicted octanol–water partition coefficient (Wildman–Crippen LogP) is 4.16. The number of rotatable bonds is 6. The number of aliphatic hydroxyl groups excluding tert-OH is 1. The molecule has 0 saturated carbocycles. The van der Waals surface area contributed by atoms with Gasteiger partial charge in [-0.05, 0) is 60.5 Å². The first-order valence-corrected chi connectivity index (χ1v) is 9.35. The Hall–Kier alpha value is -3.52. The molecule has 0 aliphatic rings. The first-order chi connectivity index (χ1) is 14.7. The Bertz CT molecular complexity index is 1180. The molecule has 8 heteroatoms. The third-order valence-corrected chi connectivity index (χ3v) is 4.67. The molecule has 2 heterocycles. The summed E-state index contributed by atoms with van der Waals surface area (Å²) < 4.78 is 5.86. The Kier molecular flexibility index (Phi) is 7.15. The summed E-state index contributed by atoms with van der Waals surface area (Å²) in [6.07, 6.45) is 3.75. The third kappa shape index (κ3) is 4.97. The lowest BCUT2D eigenvalue weighted by Crippen LogP contribution is -2.19. The highest BCUT2D eigenvalue weighted by atomic mass is 35.5. The van der Waals surface area contributed by atoms with Crippen LogP contribution in [0.5, 0.6) is 11.5 Å². The van der Waals surface area contributed by atoms with E-state index in [0.717, 1.165) is 11.1 Å². The van der Waals surface area contributed by atoms with E-state index in [4.69, 9.17) is 15.1 Å². The molecule has 158 valence electrons. The van der Waals surface area contributed by atoms with Crippen LogP contribution in [0, 0.1) is 0 Å². The van der Waals surface area contributed by atoms with Crippen LogP contribution in [-0.2, 0) is 6.42 Å². The van der Waals surface area contributed by atoms with Crippen molar-refractivity contribution in [3.8, 4) is 22.8 Å². The number of hydroxylamine groups is 1. The van der Waals surface area contributed by atoms with E-state index >= 15 is 0 Å². The van der Waals surface area contributed by atoms with Gasteiger partial charge in [0.25, 0.3) is 5.91 Å². The maximum atomic E-state index is 12.1. The molecule has 0 spiro atoms. The maximum absolute atomic E-state index is 12.1. The number of carbonyl (C=O) groups is 1. The first-order valence-electron chi connectivity index (χ1n) is 9.35. The number of pyridine rings is 2. The second-order valence-corrected chi connectivity index (χ2v) is 6.63. The van der Waals surface area contributed by atoms with E-state index in [9.17, 15) is 4.79 Å². The molecule has 0 aliphatic heterocycles. The summed E-state index contributed by atoms with van der Waals surface area (Å²) in [6.45, 7) is 0.114. The van der Waals surface area contributed by atoms with Gasteiger partial charge in [-0.3, -0.25) is 15.0 Å². The highest BCUT2D eigenvalue weighted by Gasteiger charge is 2.13. The lowest BCUT2D eigenvalue weighted by Gasteiger charge is -2.10. The first kappa shape index (κ1) is 22.2. The van der Waals surface area contributed by atoms with Gasteiger partial charge in [-0.25, -0.2) is 10.5 Å². The van der Waals surface area contributed by atoms with Crippen molar-refractivity contribution in [1.29, 1.82) is 0 Å². The van der Waals surface area contributed by atoms with E-state index in [1.54, 1.807) is 30.0 Å². The molecule has 2 aromatic heterocycles. The van der Waals surface area contributed by atoms with Crippen molar-refractivity contribution in [2.45, 2.75) is 6.42 Å². The summed E-state index contributed by atoms with van der Waals surface area (Å²) in [5.41, 5.74) is 4.99. The largest absolute Gasteiger partial charge is 0.457 e. The normalized spacial score (nSPS) is 10.4. The molecule has 0 bridgehead atoms. The van der Waals surface area contributed by atoms with E-state index in [2.05, 4.69) is 9.97 Å². The number of aromatic nitrogens is 2. The molecule has 0 unspecified atom stereocenters. The van der Waals surface area contributed by atoms with Crippen LogP contribution < -0.4 is 10.2 Å². The molecule has 31 heavy (non-hydrogen) atoms. The minimum atomic E-state index is -0.624. The summed E-state index contributed by atoms with van der Waals surface area (Å²) in [7, 11) is 0. The van der Waals surface area contributed by atoms with E-state index in [1.165, 1.54) is 0 Å². The number of aliphatic hydroxyl groups is 1. The monoisotopic (exact) mass is 437 g/mol. The second-order valence-electron chi connectivity index (χ2n) is 6.63. The summed E-state index contributed by atoms with van der Waals surface area (Å²) in [4.78, 5) is 20.7. The van der Waals surface area contributed by atoms with Crippen molar-refractivity contribution in [3.05, 3.63) is 84.2 Å². The van der Waals surface area contributed by atoms with Gasteiger partial charge in [0.15, 0.2) is 0 Å². The number of nitrogens with zero attached hydrogens (tertiary/aromatic N) is 2. The molecule has 0 saturated heterocycles. The molecule has 7 nitrogen and oxygen atoms in total. The van der Waals surface area contributed by atoms with E-state index in [0.29, 0.717) is 34.5 Å². The van der Waals surface area contributed by atoms with E-state index < -0.39 is 5.91 Å². The molecule has 3 N–H and O–H groups in total. The maximum Gasteiger partial charge on any atom is 0.275 e. The molecule has 0 atom stereocenters. The van der Waals surface area contributed by atoms with Crippen molar-refractivity contribution in [3.63, 3.8) is 0 Å². The van der Waals surface area contributed by atoms with Crippen LogP contribution in [0.4, 0.5) is 0 Å². The summed E-state index contributed by atoms with van der Waals surface area (Å²) >= 11 is 0. The van der Waals surface area contributed by atoms with Gasteiger partial charge < -0.3 is 9.84 Å². The average molecular weight is 438 g/mol. The summed E-state index contributed by atoms with van der Waals surface area (Å²) in [6, 6.07) is 18.2. The second kappa shape index (κ2) is 9.99. The van der Waals surface area contributed by atoms with Crippen LogP contribution in [-0.4, -0.2) is 32.8 Å². The zero-order valence-corrected chi connectivity index (χ0v) is 17.2. The Morgan fingerprint density at radius 1 is 1.00 bits per heavy atom. The standard InChI is InChI=1S/C23H19N3O4.ClH/c27-12-10-15-1-5-17(6-2-15)30-18-7-3-16(4-8-18)22-13-19(23(28)26-29)20-14-24-11-9-21(20)25-22;/h1-9,11,13-14,27,29H,10,12H2,(H,26,28);1H. The molecule has 4 aromatic rings. The number of carbonyl (C=O) groups excluding carboxylic acids is 1. The SMILES string of the molecule is Cl.O=C(NO)c1cc(-c2ccc(Oc3ccc(CCO)cc3)cc2)nc2ccncc12.